The Morgan fingerprint density at radius 1 is 1.11 bits per heavy atom. The van der Waals surface area contributed by atoms with Crippen molar-refractivity contribution in [1.82, 2.24) is 10.8 Å². The molecule has 19 heavy (non-hydrogen) atoms. The lowest BCUT2D eigenvalue weighted by Gasteiger charge is -2.10. The summed E-state index contributed by atoms with van der Waals surface area (Å²) >= 11 is 0. The largest absolute Gasteiger partial charge is 0.330 e. The van der Waals surface area contributed by atoms with Gasteiger partial charge in [-0.15, -0.1) is 0 Å². The van der Waals surface area contributed by atoms with Crippen LogP contribution < -0.4 is 10.8 Å². The van der Waals surface area contributed by atoms with Crippen molar-refractivity contribution in [2.24, 2.45) is 0 Å². The van der Waals surface area contributed by atoms with Gasteiger partial charge in [-0.3, -0.25) is 14.8 Å². The van der Waals surface area contributed by atoms with Crippen LogP contribution in [0.3, 0.4) is 0 Å². The molecule has 0 radical (unpaired) electrons. The van der Waals surface area contributed by atoms with E-state index in [4.69, 9.17) is 5.21 Å². The van der Waals surface area contributed by atoms with E-state index in [2.05, 4.69) is 11.4 Å². The first kappa shape index (κ1) is 15.4. The average molecular weight is 266 g/mol. The molecular weight excluding hydrogens is 244 g/mol. The first-order valence-corrected chi connectivity index (χ1v) is 6.81. The molecular formula is C14H22N2O3. The highest BCUT2D eigenvalue weighted by Crippen LogP contribution is 2.10. The number of carbonyl (C=O) groups excluding carboxylic acids is 2. The summed E-state index contributed by atoms with van der Waals surface area (Å²) in [5.74, 6) is -0.287. The van der Waals surface area contributed by atoms with Crippen LogP contribution in [0.15, 0.2) is 23.9 Å². The Balaban J connectivity index is 2.00. The van der Waals surface area contributed by atoms with Gasteiger partial charge in [-0.05, 0) is 31.8 Å². The molecule has 1 aliphatic rings. The maximum Gasteiger partial charge on any atom is 0.243 e. The molecule has 2 amide bonds. The molecule has 0 unspecified atom stereocenters. The summed E-state index contributed by atoms with van der Waals surface area (Å²) in [5, 5.41) is 11.2. The molecule has 1 aliphatic carbocycles. The zero-order valence-corrected chi connectivity index (χ0v) is 11.2. The Morgan fingerprint density at radius 3 is 2.37 bits per heavy atom. The van der Waals surface area contributed by atoms with Gasteiger partial charge in [0.1, 0.15) is 0 Å². The van der Waals surface area contributed by atoms with E-state index >= 15 is 0 Å². The molecule has 0 aromatic carbocycles. The highest BCUT2D eigenvalue weighted by atomic mass is 16.5. The number of rotatable bonds is 8. The van der Waals surface area contributed by atoms with E-state index < -0.39 is 0 Å². The van der Waals surface area contributed by atoms with Gasteiger partial charge in [0.2, 0.25) is 11.8 Å². The summed E-state index contributed by atoms with van der Waals surface area (Å²) in [6.45, 7) is 0. The summed E-state index contributed by atoms with van der Waals surface area (Å²) in [4.78, 5) is 22.4. The molecule has 106 valence electrons. The quantitative estimate of drug-likeness (QED) is 0.358. The van der Waals surface area contributed by atoms with Crippen LogP contribution in [0.5, 0.6) is 0 Å². The fourth-order valence-electron chi connectivity index (χ4n) is 1.93. The number of hydroxylamine groups is 1. The minimum Gasteiger partial charge on any atom is -0.330 e. The highest BCUT2D eigenvalue weighted by molar-refractivity contribution is 5.77. The van der Waals surface area contributed by atoms with Crippen LogP contribution in [-0.4, -0.2) is 17.0 Å². The summed E-state index contributed by atoms with van der Waals surface area (Å²) in [6.07, 6.45) is 12.1. The van der Waals surface area contributed by atoms with Crippen LogP contribution in [0.25, 0.3) is 0 Å². The molecule has 3 N–H and O–H groups in total. The summed E-state index contributed by atoms with van der Waals surface area (Å²) in [6, 6.07) is 0. The van der Waals surface area contributed by atoms with E-state index in [0.717, 1.165) is 44.2 Å². The molecule has 0 aliphatic heterocycles. The molecule has 0 saturated heterocycles. The van der Waals surface area contributed by atoms with Gasteiger partial charge in [-0.1, -0.05) is 25.0 Å². The van der Waals surface area contributed by atoms with Crippen molar-refractivity contribution in [3.05, 3.63) is 23.9 Å². The Morgan fingerprint density at radius 2 is 1.79 bits per heavy atom. The van der Waals surface area contributed by atoms with Crippen LogP contribution in [0.2, 0.25) is 0 Å². The number of carbonyl (C=O) groups is 2. The second kappa shape index (κ2) is 9.33. The Bertz CT molecular complexity index is 362. The van der Waals surface area contributed by atoms with Gasteiger partial charge in [-0.25, -0.2) is 5.48 Å². The molecule has 0 aromatic heterocycles. The van der Waals surface area contributed by atoms with E-state index in [1.54, 1.807) is 5.48 Å². The van der Waals surface area contributed by atoms with Crippen molar-refractivity contribution in [2.45, 2.75) is 51.4 Å². The third-order valence-corrected chi connectivity index (χ3v) is 3.00. The fourth-order valence-corrected chi connectivity index (χ4v) is 1.93. The smallest absolute Gasteiger partial charge is 0.243 e. The Hall–Kier alpha value is -1.62. The van der Waals surface area contributed by atoms with Crippen LogP contribution >= 0.6 is 0 Å². The number of allylic oxidation sites excluding steroid dienone is 4. The predicted octanol–water partition coefficient (Wildman–Crippen LogP) is 2.18. The minimum absolute atomic E-state index is 0.0645. The third kappa shape index (κ3) is 7.41. The Kier molecular flexibility index (Phi) is 7.58. The van der Waals surface area contributed by atoms with E-state index in [-0.39, 0.29) is 11.8 Å². The second-order valence-electron chi connectivity index (χ2n) is 4.66. The summed E-state index contributed by atoms with van der Waals surface area (Å²) in [5.41, 5.74) is 2.60. The van der Waals surface area contributed by atoms with Gasteiger partial charge in [0.15, 0.2) is 0 Å². The first-order chi connectivity index (χ1) is 9.22. The second-order valence-corrected chi connectivity index (χ2v) is 4.66. The molecule has 5 nitrogen and oxygen atoms in total. The van der Waals surface area contributed by atoms with Gasteiger partial charge in [0.05, 0.1) is 0 Å². The van der Waals surface area contributed by atoms with E-state index in [1.165, 1.54) is 0 Å². The van der Waals surface area contributed by atoms with Gasteiger partial charge in [-0.2, -0.15) is 0 Å². The number of hydrogen-bond donors (Lipinski definition) is 3. The zero-order chi connectivity index (χ0) is 13.9. The van der Waals surface area contributed by atoms with Gasteiger partial charge in [0.25, 0.3) is 0 Å². The van der Waals surface area contributed by atoms with Crippen molar-refractivity contribution >= 4 is 11.8 Å². The normalized spacial score (nSPS) is 13.8. The lowest BCUT2D eigenvalue weighted by molar-refractivity contribution is -0.129. The molecule has 0 fully saturated rings. The monoisotopic (exact) mass is 266 g/mol. The molecule has 0 heterocycles. The van der Waals surface area contributed by atoms with E-state index in [9.17, 15) is 9.59 Å². The van der Waals surface area contributed by atoms with Crippen LogP contribution in [0.4, 0.5) is 0 Å². The molecule has 5 heteroatoms. The number of amides is 2. The molecule has 0 spiro atoms. The first-order valence-electron chi connectivity index (χ1n) is 6.81. The SMILES string of the molecule is O=C(CCCCCCC(=O)NC1=CC=CCC1)NO. The molecule has 1 rings (SSSR count). The van der Waals surface area contributed by atoms with Crippen molar-refractivity contribution in [1.29, 1.82) is 0 Å². The molecule has 0 aromatic rings. The lowest BCUT2D eigenvalue weighted by Crippen LogP contribution is -2.22. The molecule has 0 bridgehead atoms. The van der Waals surface area contributed by atoms with Crippen molar-refractivity contribution in [2.75, 3.05) is 0 Å². The maximum absolute atomic E-state index is 11.6. The van der Waals surface area contributed by atoms with Gasteiger partial charge < -0.3 is 5.32 Å². The summed E-state index contributed by atoms with van der Waals surface area (Å²) < 4.78 is 0. The standard InChI is InChI=1S/C14H22N2O3/c17-13(15-12-8-4-3-5-9-12)10-6-1-2-7-11-14(18)16-19/h3-4,8,19H,1-2,5-7,9-11H2,(H,15,17)(H,16,18). The Labute approximate surface area is 113 Å². The number of hydrogen-bond acceptors (Lipinski definition) is 3. The minimum atomic E-state index is -0.352. The lowest BCUT2D eigenvalue weighted by atomic mass is 10.1. The number of nitrogens with one attached hydrogen (secondary N) is 2. The van der Waals surface area contributed by atoms with Crippen molar-refractivity contribution in [3.8, 4) is 0 Å². The van der Waals surface area contributed by atoms with Gasteiger partial charge >= 0.3 is 0 Å². The maximum atomic E-state index is 11.6. The zero-order valence-electron chi connectivity index (χ0n) is 11.2. The summed E-state index contributed by atoms with van der Waals surface area (Å²) in [7, 11) is 0. The van der Waals surface area contributed by atoms with Crippen LogP contribution in [-0.2, 0) is 9.59 Å². The molecule has 0 atom stereocenters. The number of unbranched alkanes of at least 4 members (excludes halogenated alkanes) is 3. The van der Waals surface area contributed by atoms with Crippen molar-refractivity contribution < 1.29 is 14.8 Å². The van der Waals surface area contributed by atoms with Crippen molar-refractivity contribution in [3.63, 3.8) is 0 Å². The van der Waals surface area contributed by atoms with Crippen LogP contribution in [0.1, 0.15) is 51.4 Å². The average Bonchev–Trinajstić information content (AvgIpc) is 2.43. The topological polar surface area (TPSA) is 78.4 Å². The highest BCUT2D eigenvalue weighted by Gasteiger charge is 2.05. The molecule has 0 saturated carbocycles. The fraction of sp³-hybridized carbons (Fsp3) is 0.571. The van der Waals surface area contributed by atoms with Gasteiger partial charge in [0, 0.05) is 18.5 Å². The van der Waals surface area contributed by atoms with Crippen LogP contribution in [0, 0.1) is 0 Å². The van der Waals surface area contributed by atoms with E-state index in [0.29, 0.717) is 12.8 Å². The van der Waals surface area contributed by atoms with E-state index in [1.807, 2.05) is 12.2 Å². The predicted molar refractivity (Wildman–Crippen MR) is 72.2 cm³/mol. The third-order valence-electron chi connectivity index (χ3n) is 3.00.